The van der Waals surface area contributed by atoms with Gasteiger partial charge in [-0.25, -0.2) is 9.18 Å². The van der Waals surface area contributed by atoms with Gasteiger partial charge in [0, 0.05) is 4.47 Å². The van der Waals surface area contributed by atoms with E-state index in [1.165, 1.54) is 12.1 Å². The van der Waals surface area contributed by atoms with Gasteiger partial charge in [-0.05, 0) is 35.9 Å². The molecule has 0 aliphatic carbocycles. The molecule has 0 saturated carbocycles. The third-order valence-electron chi connectivity index (χ3n) is 3.20. The molecule has 1 N–H and O–H groups in total. The van der Waals surface area contributed by atoms with E-state index in [0.29, 0.717) is 16.5 Å². The Balaban J connectivity index is 2.14. The highest BCUT2D eigenvalue weighted by molar-refractivity contribution is 9.10. The van der Waals surface area contributed by atoms with Crippen molar-refractivity contribution < 1.29 is 4.39 Å². The summed E-state index contributed by atoms with van der Waals surface area (Å²) in [5.74, 6) is -0.358. The summed E-state index contributed by atoms with van der Waals surface area (Å²) in [5.41, 5.74) is 0.302. The molecule has 1 heterocycles. The number of rotatable bonds is 2. The van der Waals surface area contributed by atoms with E-state index in [4.69, 9.17) is 0 Å². The highest BCUT2D eigenvalue weighted by atomic mass is 79.9. The summed E-state index contributed by atoms with van der Waals surface area (Å²) in [6.45, 7) is 0.0977. The number of aromatic amines is 1. The van der Waals surface area contributed by atoms with Crippen LogP contribution in [-0.4, -0.2) is 9.55 Å². The van der Waals surface area contributed by atoms with Gasteiger partial charge in [-0.15, -0.1) is 0 Å². The van der Waals surface area contributed by atoms with Crippen molar-refractivity contribution in [2.75, 3.05) is 0 Å². The topological polar surface area (TPSA) is 54.9 Å². The Morgan fingerprint density at radius 2 is 1.81 bits per heavy atom. The van der Waals surface area contributed by atoms with Crippen LogP contribution in [0.2, 0.25) is 0 Å². The number of halogens is 2. The number of benzene rings is 2. The van der Waals surface area contributed by atoms with Gasteiger partial charge >= 0.3 is 5.69 Å². The maximum absolute atomic E-state index is 12.9. The van der Waals surface area contributed by atoms with Gasteiger partial charge in [0.15, 0.2) is 0 Å². The molecular weight excluding hydrogens is 339 g/mol. The highest BCUT2D eigenvalue weighted by Crippen LogP contribution is 2.14. The summed E-state index contributed by atoms with van der Waals surface area (Å²) in [4.78, 5) is 27.1. The zero-order valence-electron chi connectivity index (χ0n) is 10.8. The lowest BCUT2D eigenvalue weighted by Gasteiger charge is -2.07. The summed E-state index contributed by atoms with van der Waals surface area (Å²) in [6.07, 6.45) is 0. The van der Waals surface area contributed by atoms with Gasteiger partial charge in [0.25, 0.3) is 5.56 Å². The van der Waals surface area contributed by atoms with Crippen LogP contribution < -0.4 is 11.2 Å². The van der Waals surface area contributed by atoms with Crippen LogP contribution in [0.5, 0.6) is 0 Å². The summed E-state index contributed by atoms with van der Waals surface area (Å²) in [6, 6.07) is 10.8. The smallest absolute Gasteiger partial charge is 0.307 e. The lowest BCUT2D eigenvalue weighted by molar-refractivity contribution is 0.625. The molecule has 0 radical (unpaired) electrons. The second-order valence-corrected chi connectivity index (χ2v) is 5.55. The standard InChI is InChI=1S/C15H10BrFN2O2/c16-10-3-6-12-13(7-10)18-15(21)19(14(12)20)8-9-1-4-11(17)5-2-9/h1-7H,8H2,(H,18,21). The lowest BCUT2D eigenvalue weighted by Crippen LogP contribution is -2.35. The average molecular weight is 349 g/mol. The first-order valence-corrected chi connectivity index (χ1v) is 7.01. The number of fused-ring (bicyclic) bond motifs is 1. The minimum atomic E-state index is -0.491. The Bertz CT molecular complexity index is 929. The minimum Gasteiger partial charge on any atom is -0.307 e. The molecule has 3 aromatic rings. The van der Waals surface area contributed by atoms with Crippen LogP contribution >= 0.6 is 15.9 Å². The number of hydrogen-bond acceptors (Lipinski definition) is 2. The van der Waals surface area contributed by atoms with E-state index in [0.717, 1.165) is 9.04 Å². The molecule has 0 aliphatic heterocycles. The monoisotopic (exact) mass is 348 g/mol. The Kier molecular flexibility index (Phi) is 3.47. The Morgan fingerprint density at radius 1 is 1.10 bits per heavy atom. The van der Waals surface area contributed by atoms with Crippen LogP contribution in [0.15, 0.2) is 56.5 Å². The zero-order valence-corrected chi connectivity index (χ0v) is 12.4. The molecule has 0 unspecified atom stereocenters. The summed E-state index contributed by atoms with van der Waals surface area (Å²) in [7, 11) is 0. The molecule has 3 rings (SSSR count). The van der Waals surface area contributed by atoms with Gasteiger partial charge in [-0.1, -0.05) is 28.1 Å². The molecular formula is C15H10BrFN2O2. The molecule has 0 amide bonds. The molecule has 2 aromatic carbocycles. The van der Waals surface area contributed by atoms with E-state index in [2.05, 4.69) is 20.9 Å². The van der Waals surface area contributed by atoms with Crippen molar-refractivity contribution in [3.63, 3.8) is 0 Å². The predicted molar refractivity (Wildman–Crippen MR) is 82.0 cm³/mol. The molecule has 1 aromatic heterocycles. The second kappa shape index (κ2) is 5.29. The SMILES string of the molecule is O=c1[nH]c2cc(Br)ccc2c(=O)n1Cc1ccc(F)cc1. The van der Waals surface area contributed by atoms with Crippen LogP contribution in [0.4, 0.5) is 4.39 Å². The maximum atomic E-state index is 12.9. The lowest BCUT2D eigenvalue weighted by atomic mass is 10.2. The fourth-order valence-electron chi connectivity index (χ4n) is 2.14. The van der Waals surface area contributed by atoms with Crippen molar-refractivity contribution >= 4 is 26.8 Å². The first kappa shape index (κ1) is 13.8. The fraction of sp³-hybridized carbons (Fsp3) is 0.0667. The van der Waals surface area contributed by atoms with Crippen LogP contribution in [-0.2, 0) is 6.54 Å². The van der Waals surface area contributed by atoms with Crippen molar-refractivity contribution in [1.82, 2.24) is 9.55 Å². The van der Waals surface area contributed by atoms with Crippen molar-refractivity contribution in [1.29, 1.82) is 0 Å². The minimum absolute atomic E-state index is 0.0977. The number of nitrogens with zero attached hydrogens (tertiary/aromatic N) is 1. The first-order chi connectivity index (χ1) is 10.0. The van der Waals surface area contributed by atoms with Gasteiger partial charge in [0.05, 0.1) is 17.4 Å². The van der Waals surface area contributed by atoms with Crippen molar-refractivity contribution in [3.05, 3.63) is 79.2 Å². The summed E-state index contributed by atoms with van der Waals surface area (Å²) in [5, 5.41) is 0.430. The summed E-state index contributed by atoms with van der Waals surface area (Å²) < 4.78 is 14.8. The largest absolute Gasteiger partial charge is 0.329 e. The number of aromatic nitrogens is 2. The van der Waals surface area contributed by atoms with Gasteiger partial charge in [-0.2, -0.15) is 0 Å². The molecule has 21 heavy (non-hydrogen) atoms. The second-order valence-electron chi connectivity index (χ2n) is 4.64. The average Bonchev–Trinajstić information content (AvgIpc) is 2.45. The number of H-pyrrole nitrogens is 1. The van der Waals surface area contributed by atoms with E-state index in [1.807, 2.05) is 0 Å². The molecule has 106 valence electrons. The Morgan fingerprint density at radius 3 is 2.52 bits per heavy atom. The molecule has 4 nitrogen and oxygen atoms in total. The van der Waals surface area contributed by atoms with Crippen LogP contribution in [0.25, 0.3) is 10.9 Å². The molecule has 0 saturated heterocycles. The predicted octanol–water partition coefficient (Wildman–Crippen LogP) is 2.64. The maximum Gasteiger partial charge on any atom is 0.329 e. The Labute approximate surface area is 127 Å². The van der Waals surface area contributed by atoms with E-state index in [9.17, 15) is 14.0 Å². The molecule has 0 atom stereocenters. The van der Waals surface area contributed by atoms with Gasteiger partial charge in [0.2, 0.25) is 0 Å². The number of nitrogens with one attached hydrogen (secondary N) is 1. The van der Waals surface area contributed by atoms with Crippen LogP contribution in [0, 0.1) is 5.82 Å². The van der Waals surface area contributed by atoms with E-state index >= 15 is 0 Å². The quantitative estimate of drug-likeness (QED) is 0.773. The van der Waals surface area contributed by atoms with E-state index < -0.39 is 5.69 Å². The molecule has 0 spiro atoms. The van der Waals surface area contributed by atoms with Crippen molar-refractivity contribution in [3.8, 4) is 0 Å². The number of hydrogen-bond donors (Lipinski definition) is 1. The van der Waals surface area contributed by atoms with Gasteiger partial charge < -0.3 is 4.98 Å². The molecule has 0 aliphatic rings. The third kappa shape index (κ3) is 2.67. The van der Waals surface area contributed by atoms with Gasteiger partial charge in [-0.3, -0.25) is 9.36 Å². The van der Waals surface area contributed by atoms with E-state index in [1.54, 1.807) is 30.3 Å². The fourth-order valence-corrected chi connectivity index (χ4v) is 2.50. The molecule has 0 fully saturated rings. The molecule has 6 heteroatoms. The Hall–Kier alpha value is -2.21. The first-order valence-electron chi connectivity index (χ1n) is 6.21. The summed E-state index contributed by atoms with van der Waals surface area (Å²) >= 11 is 3.29. The third-order valence-corrected chi connectivity index (χ3v) is 3.69. The zero-order chi connectivity index (χ0) is 15.0. The van der Waals surface area contributed by atoms with Crippen LogP contribution in [0.3, 0.4) is 0 Å². The van der Waals surface area contributed by atoms with Crippen LogP contribution in [0.1, 0.15) is 5.56 Å². The van der Waals surface area contributed by atoms with Gasteiger partial charge in [0.1, 0.15) is 5.82 Å². The molecule has 0 bridgehead atoms. The van der Waals surface area contributed by atoms with Crippen molar-refractivity contribution in [2.45, 2.75) is 6.54 Å². The van der Waals surface area contributed by atoms with E-state index in [-0.39, 0.29) is 17.9 Å². The highest BCUT2D eigenvalue weighted by Gasteiger charge is 2.08. The normalized spacial score (nSPS) is 11.0. The van der Waals surface area contributed by atoms with Crippen molar-refractivity contribution in [2.24, 2.45) is 0 Å².